The Labute approximate surface area is 212 Å². The second-order valence-corrected chi connectivity index (χ2v) is 8.35. The van der Waals surface area contributed by atoms with Gasteiger partial charge in [0.15, 0.2) is 5.96 Å². The first kappa shape index (κ1) is 29.1. The van der Waals surface area contributed by atoms with Crippen molar-refractivity contribution in [2.24, 2.45) is 4.99 Å². The molecule has 0 radical (unpaired) electrons. The molecule has 1 fully saturated rings. The van der Waals surface area contributed by atoms with Crippen LogP contribution < -0.4 is 10.6 Å². The number of hydrogen-bond acceptors (Lipinski definition) is 4. The summed E-state index contributed by atoms with van der Waals surface area (Å²) in [5.74, 6) is 0.890. The summed E-state index contributed by atoms with van der Waals surface area (Å²) in [5.41, 5.74) is 2.42. The third-order valence-corrected chi connectivity index (χ3v) is 5.80. The Kier molecular flexibility index (Phi) is 16.0. The van der Waals surface area contributed by atoms with Crippen molar-refractivity contribution in [2.75, 3.05) is 39.4 Å². The summed E-state index contributed by atoms with van der Waals surface area (Å²) in [6.45, 7) is 16.0. The minimum atomic E-state index is 0. The molecule has 0 aromatic heterocycles. The monoisotopic (exact) mass is 560 g/mol. The lowest BCUT2D eigenvalue weighted by Crippen LogP contribution is -2.42. The molecule has 2 N–H and O–H groups in total. The van der Waals surface area contributed by atoms with Crippen LogP contribution >= 0.6 is 24.0 Å². The van der Waals surface area contributed by atoms with Gasteiger partial charge in [0.05, 0.1) is 19.3 Å². The molecule has 1 heterocycles. The lowest BCUT2D eigenvalue weighted by atomic mass is 10.1. The second-order valence-electron chi connectivity index (χ2n) is 8.35. The van der Waals surface area contributed by atoms with Crippen LogP contribution in [0.25, 0.3) is 0 Å². The fourth-order valence-corrected chi connectivity index (χ4v) is 3.83. The topological polar surface area (TPSA) is 58.1 Å². The van der Waals surface area contributed by atoms with Crippen LogP contribution in [0.15, 0.2) is 29.3 Å². The second kappa shape index (κ2) is 17.6. The van der Waals surface area contributed by atoms with E-state index in [1.165, 1.54) is 17.5 Å². The number of benzene rings is 1. The van der Waals surface area contributed by atoms with Gasteiger partial charge in [0.1, 0.15) is 0 Å². The van der Waals surface area contributed by atoms with E-state index < -0.39 is 0 Å². The molecule has 2 rings (SSSR count). The van der Waals surface area contributed by atoms with Crippen LogP contribution in [0.3, 0.4) is 0 Å². The number of nitrogens with zero attached hydrogens (tertiary/aromatic N) is 2. The highest BCUT2D eigenvalue weighted by molar-refractivity contribution is 14.0. The molecule has 32 heavy (non-hydrogen) atoms. The summed E-state index contributed by atoms with van der Waals surface area (Å²) in [6.07, 6.45) is 4.65. The molecular formula is C25H45IN4O2. The van der Waals surface area contributed by atoms with Crippen molar-refractivity contribution < 1.29 is 9.47 Å². The summed E-state index contributed by atoms with van der Waals surface area (Å²) >= 11 is 0. The van der Waals surface area contributed by atoms with Crippen LogP contribution in [0.1, 0.15) is 64.5 Å². The first-order chi connectivity index (χ1) is 15.1. The predicted octanol–water partition coefficient (Wildman–Crippen LogP) is 4.57. The Balaban J connectivity index is 0.00000512. The van der Waals surface area contributed by atoms with Crippen molar-refractivity contribution in [3.8, 4) is 0 Å². The zero-order valence-corrected chi connectivity index (χ0v) is 22.9. The molecule has 0 bridgehead atoms. The van der Waals surface area contributed by atoms with Gasteiger partial charge in [-0.25, -0.2) is 4.99 Å². The van der Waals surface area contributed by atoms with Crippen molar-refractivity contribution in [1.82, 2.24) is 15.5 Å². The maximum absolute atomic E-state index is 6.07. The molecule has 0 saturated carbocycles. The molecule has 6 nitrogen and oxygen atoms in total. The molecule has 184 valence electrons. The number of rotatable bonds is 13. The maximum atomic E-state index is 6.07. The molecule has 1 aliphatic rings. The van der Waals surface area contributed by atoms with E-state index in [4.69, 9.17) is 14.5 Å². The van der Waals surface area contributed by atoms with Crippen LogP contribution in [0.4, 0.5) is 0 Å². The smallest absolute Gasteiger partial charge is 0.191 e. The average Bonchev–Trinajstić information content (AvgIpc) is 2.80. The van der Waals surface area contributed by atoms with Crippen molar-refractivity contribution in [1.29, 1.82) is 0 Å². The van der Waals surface area contributed by atoms with Crippen molar-refractivity contribution >= 4 is 29.9 Å². The SMILES string of the molecule is CCNC(=NCc1cccc(COC2CCOCC2)c1)NC(C)CCCN(CC)CC.I. The zero-order valence-electron chi connectivity index (χ0n) is 20.6. The molecule has 1 saturated heterocycles. The number of aliphatic imine (C=N–C) groups is 1. The lowest BCUT2D eigenvalue weighted by molar-refractivity contribution is -0.0390. The van der Waals surface area contributed by atoms with E-state index in [1.807, 2.05) is 0 Å². The van der Waals surface area contributed by atoms with Gasteiger partial charge in [-0.1, -0.05) is 38.1 Å². The van der Waals surface area contributed by atoms with Crippen molar-refractivity contribution in [3.63, 3.8) is 0 Å². The summed E-state index contributed by atoms with van der Waals surface area (Å²) in [6, 6.07) is 8.98. The summed E-state index contributed by atoms with van der Waals surface area (Å²) in [5, 5.41) is 6.94. The third kappa shape index (κ3) is 11.8. The molecule has 0 spiro atoms. The minimum absolute atomic E-state index is 0. The number of nitrogens with one attached hydrogen (secondary N) is 2. The fourth-order valence-electron chi connectivity index (χ4n) is 3.83. The van der Waals surface area contributed by atoms with Crippen LogP contribution in [0.2, 0.25) is 0 Å². The van der Waals surface area contributed by atoms with Gasteiger partial charge in [-0.3, -0.25) is 0 Å². The predicted molar refractivity (Wildman–Crippen MR) is 145 cm³/mol. The van der Waals surface area contributed by atoms with Gasteiger partial charge < -0.3 is 25.0 Å². The highest BCUT2D eigenvalue weighted by atomic mass is 127. The van der Waals surface area contributed by atoms with Crippen LogP contribution in [0, 0.1) is 0 Å². The Bertz CT molecular complexity index is 634. The molecule has 1 aliphatic heterocycles. The van der Waals surface area contributed by atoms with E-state index in [9.17, 15) is 0 Å². The van der Waals surface area contributed by atoms with Gasteiger partial charge in [0.25, 0.3) is 0 Å². The van der Waals surface area contributed by atoms with E-state index in [2.05, 4.69) is 67.5 Å². The normalized spacial score (nSPS) is 16.0. The van der Waals surface area contributed by atoms with Gasteiger partial charge in [-0.15, -0.1) is 24.0 Å². The minimum Gasteiger partial charge on any atom is -0.381 e. The van der Waals surface area contributed by atoms with E-state index in [0.717, 1.165) is 64.6 Å². The maximum Gasteiger partial charge on any atom is 0.191 e. The van der Waals surface area contributed by atoms with Crippen molar-refractivity contribution in [2.45, 2.75) is 78.7 Å². The molecule has 7 heteroatoms. The fraction of sp³-hybridized carbons (Fsp3) is 0.720. The third-order valence-electron chi connectivity index (χ3n) is 5.80. The average molecular weight is 561 g/mol. The number of guanidine groups is 1. The number of hydrogen-bond donors (Lipinski definition) is 2. The van der Waals surface area contributed by atoms with Gasteiger partial charge in [0.2, 0.25) is 0 Å². The van der Waals surface area contributed by atoms with E-state index >= 15 is 0 Å². The quantitative estimate of drug-likeness (QED) is 0.211. The highest BCUT2D eigenvalue weighted by Gasteiger charge is 2.14. The standard InChI is InChI=1S/C25H44N4O2.HI/c1-5-26-25(28-21(4)10-9-15-29(6-2)7-3)27-19-22-11-8-12-23(18-22)20-31-24-13-16-30-17-14-24;/h8,11-12,18,21,24H,5-7,9-10,13-17,19-20H2,1-4H3,(H2,26,27,28);1H. The Morgan fingerprint density at radius 3 is 2.59 bits per heavy atom. The molecule has 1 unspecified atom stereocenters. The molecule has 1 atom stereocenters. The molecule has 0 amide bonds. The Morgan fingerprint density at radius 1 is 1.19 bits per heavy atom. The Morgan fingerprint density at radius 2 is 1.91 bits per heavy atom. The van der Waals surface area contributed by atoms with Gasteiger partial charge in [0, 0.05) is 25.8 Å². The van der Waals surface area contributed by atoms with Gasteiger partial charge in [-0.05, 0) is 70.3 Å². The summed E-state index contributed by atoms with van der Waals surface area (Å²) < 4.78 is 11.5. The van der Waals surface area contributed by atoms with Gasteiger partial charge >= 0.3 is 0 Å². The van der Waals surface area contributed by atoms with Gasteiger partial charge in [-0.2, -0.15) is 0 Å². The summed E-state index contributed by atoms with van der Waals surface area (Å²) in [4.78, 5) is 7.29. The molecule has 0 aliphatic carbocycles. The van der Waals surface area contributed by atoms with Crippen LogP contribution in [-0.4, -0.2) is 62.4 Å². The first-order valence-electron chi connectivity index (χ1n) is 12.2. The molecule has 1 aromatic rings. The highest BCUT2D eigenvalue weighted by Crippen LogP contribution is 2.14. The molecular weight excluding hydrogens is 515 g/mol. The summed E-state index contributed by atoms with van der Waals surface area (Å²) in [7, 11) is 0. The van der Waals surface area contributed by atoms with Crippen LogP contribution in [-0.2, 0) is 22.6 Å². The van der Waals surface area contributed by atoms with Crippen molar-refractivity contribution in [3.05, 3.63) is 35.4 Å². The van der Waals surface area contributed by atoms with E-state index in [0.29, 0.717) is 25.3 Å². The van der Waals surface area contributed by atoms with E-state index in [-0.39, 0.29) is 24.0 Å². The van der Waals surface area contributed by atoms with Crippen LogP contribution in [0.5, 0.6) is 0 Å². The Hall–Kier alpha value is -0.900. The van der Waals surface area contributed by atoms with E-state index in [1.54, 1.807) is 0 Å². The largest absolute Gasteiger partial charge is 0.381 e. The number of ether oxygens (including phenoxy) is 2. The lowest BCUT2D eigenvalue weighted by Gasteiger charge is -2.22. The first-order valence-corrected chi connectivity index (χ1v) is 12.2. The number of halogens is 1. The molecule has 1 aromatic carbocycles. The zero-order chi connectivity index (χ0) is 22.3.